The molecule has 0 aliphatic carbocycles. The lowest BCUT2D eigenvalue weighted by molar-refractivity contribution is -0.139. The van der Waals surface area contributed by atoms with Crippen LogP contribution >= 0.6 is 0 Å². The smallest absolute Gasteiger partial charge is 0.417 e. The Bertz CT molecular complexity index is 723. The molecule has 0 radical (unpaired) electrons. The second-order valence-electron chi connectivity index (χ2n) is 5.36. The molecule has 0 fully saturated rings. The van der Waals surface area contributed by atoms with Crippen LogP contribution in [0.5, 0.6) is 11.5 Å². The summed E-state index contributed by atoms with van der Waals surface area (Å²) in [5.41, 5.74) is -4.62. The van der Waals surface area contributed by atoms with Crippen LogP contribution in [0.3, 0.4) is 0 Å². The number of hydrogen-bond acceptors (Lipinski definition) is 2. The molecule has 0 bridgehead atoms. The zero-order valence-electron chi connectivity index (χ0n) is 12.5. The third-order valence-corrected chi connectivity index (χ3v) is 3.57. The number of aryl methyl sites for hydroxylation is 2. The van der Waals surface area contributed by atoms with Crippen LogP contribution < -0.4 is 0 Å². The van der Waals surface area contributed by atoms with Crippen LogP contribution in [0, 0.1) is 13.8 Å². The van der Waals surface area contributed by atoms with Crippen LogP contribution in [0.4, 0.5) is 26.3 Å². The van der Waals surface area contributed by atoms with Crippen molar-refractivity contribution in [3.63, 3.8) is 0 Å². The van der Waals surface area contributed by atoms with Crippen molar-refractivity contribution in [2.75, 3.05) is 0 Å². The quantitative estimate of drug-likeness (QED) is 0.674. The molecule has 0 saturated carbocycles. The van der Waals surface area contributed by atoms with E-state index in [-0.39, 0.29) is 11.1 Å². The summed E-state index contributed by atoms with van der Waals surface area (Å²) in [6.45, 7) is 2.40. The molecule has 0 spiro atoms. The van der Waals surface area contributed by atoms with Crippen LogP contribution in [-0.2, 0) is 12.4 Å². The monoisotopic (exact) mass is 350 g/mol. The molecule has 0 aliphatic rings. The molecule has 130 valence electrons. The fraction of sp³-hybridized carbons (Fsp3) is 0.250. The summed E-state index contributed by atoms with van der Waals surface area (Å²) in [6.07, 6.45) is -9.87. The number of phenols is 2. The van der Waals surface area contributed by atoms with E-state index in [1.54, 1.807) is 0 Å². The zero-order chi connectivity index (χ0) is 18.4. The average molecular weight is 350 g/mol. The maximum absolute atomic E-state index is 13.2. The van der Waals surface area contributed by atoms with Crippen molar-refractivity contribution in [3.05, 3.63) is 46.5 Å². The number of halogens is 6. The second-order valence-corrected chi connectivity index (χ2v) is 5.36. The molecule has 0 unspecified atom stereocenters. The molecule has 2 nitrogen and oxygen atoms in total. The van der Waals surface area contributed by atoms with Gasteiger partial charge in [0, 0.05) is 0 Å². The molecular formula is C16H12F6O2. The maximum atomic E-state index is 13.2. The maximum Gasteiger partial charge on any atom is 0.417 e. The molecule has 8 heteroatoms. The Balaban J connectivity index is 2.91. The lowest BCUT2D eigenvalue weighted by Gasteiger charge is -2.19. The van der Waals surface area contributed by atoms with Crippen LogP contribution in [-0.4, -0.2) is 10.2 Å². The van der Waals surface area contributed by atoms with Gasteiger partial charge in [-0.05, 0) is 60.4 Å². The van der Waals surface area contributed by atoms with Gasteiger partial charge in [0.1, 0.15) is 11.5 Å². The van der Waals surface area contributed by atoms with E-state index in [9.17, 15) is 36.6 Å². The van der Waals surface area contributed by atoms with Crippen LogP contribution in [0.25, 0.3) is 11.1 Å². The Morgan fingerprint density at radius 1 is 0.625 bits per heavy atom. The molecule has 2 aromatic rings. The van der Waals surface area contributed by atoms with E-state index in [0.717, 1.165) is 0 Å². The number of alkyl halides is 6. The normalized spacial score (nSPS) is 12.5. The van der Waals surface area contributed by atoms with Crippen molar-refractivity contribution in [2.24, 2.45) is 0 Å². The highest BCUT2D eigenvalue weighted by Gasteiger charge is 2.39. The Labute approximate surface area is 133 Å². The lowest BCUT2D eigenvalue weighted by Crippen LogP contribution is -2.12. The van der Waals surface area contributed by atoms with Crippen molar-refractivity contribution < 1.29 is 36.6 Å². The van der Waals surface area contributed by atoms with Gasteiger partial charge in [0.25, 0.3) is 0 Å². The van der Waals surface area contributed by atoms with E-state index in [1.807, 2.05) is 0 Å². The number of aromatic hydroxyl groups is 2. The van der Waals surface area contributed by atoms with Gasteiger partial charge >= 0.3 is 12.4 Å². The van der Waals surface area contributed by atoms with Gasteiger partial charge in [-0.3, -0.25) is 0 Å². The van der Waals surface area contributed by atoms with E-state index in [2.05, 4.69) is 0 Å². The van der Waals surface area contributed by atoms with Gasteiger partial charge in [0.15, 0.2) is 0 Å². The number of hydrogen-bond donors (Lipinski definition) is 2. The summed E-state index contributed by atoms with van der Waals surface area (Å²) in [6, 6.07) is 2.39. The predicted molar refractivity (Wildman–Crippen MR) is 74.7 cm³/mol. The van der Waals surface area contributed by atoms with E-state index < -0.39 is 46.1 Å². The summed E-state index contributed by atoms with van der Waals surface area (Å²) in [4.78, 5) is 0. The van der Waals surface area contributed by atoms with Crippen molar-refractivity contribution in [1.29, 1.82) is 0 Å². The molecule has 0 amide bonds. The molecule has 0 heterocycles. The van der Waals surface area contributed by atoms with Gasteiger partial charge in [0.05, 0.1) is 11.1 Å². The second kappa shape index (κ2) is 5.61. The molecular weight excluding hydrogens is 338 g/mol. The third-order valence-electron chi connectivity index (χ3n) is 3.57. The van der Waals surface area contributed by atoms with Crippen molar-refractivity contribution in [1.82, 2.24) is 0 Å². The van der Waals surface area contributed by atoms with Crippen LogP contribution in [0.2, 0.25) is 0 Å². The molecule has 0 saturated heterocycles. The van der Waals surface area contributed by atoms with Gasteiger partial charge in [-0.2, -0.15) is 26.3 Å². The van der Waals surface area contributed by atoms with E-state index >= 15 is 0 Å². The first-order valence-electron chi connectivity index (χ1n) is 6.64. The summed E-state index contributed by atoms with van der Waals surface area (Å²) in [5, 5.41) is 19.3. The van der Waals surface area contributed by atoms with Gasteiger partial charge in [-0.1, -0.05) is 0 Å². The Kier molecular flexibility index (Phi) is 4.20. The molecule has 0 atom stereocenters. The van der Waals surface area contributed by atoms with Crippen molar-refractivity contribution in [2.45, 2.75) is 26.2 Å². The summed E-state index contributed by atoms with van der Waals surface area (Å²) in [5.74, 6) is -1.16. The Hall–Kier alpha value is -2.38. The highest BCUT2D eigenvalue weighted by Crippen LogP contribution is 2.46. The van der Waals surface area contributed by atoms with Gasteiger partial charge in [-0.15, -0.1) is 0 Å². The number of benzene rings is 2. The molecule has 24 heavy (non-hydrogen) atoms. The van der Waals surface area contributed by atoms with Gasteiger partial charge in [0.2, 0.25) is 0 Å². The Morgan fingerprint density at radius 2 is 0.917 bits per heavy atom. The predicted octanol–water partition coefficient (Wildman–Crippen LogP) is 5.42. The van der Waals surface area contributed by atoms with E-state index in [0.29, 0.717) is 24.3 Å². The average Bonchev–Trinajstić information content (AvgIpc) is 2.41. The molecule has 0 aliphatic heterocycles. The summed E-state index contributed by atoms with van der Waals surface area (Å²) in [7, 11) is 0. The van der Waals surface area contributed by atoms with E-state index in [4.69, 9.17) is 0 Å². The minimum Gasteiger partial charge on any atom is -0.508 e. The molecule has 2 N–H and O–H groups in total. The SMILES string of the molecule is Cc1cc(C(F)(F)F)c(-c2cc(O)c(C)cc2C(F)(F)F)cc1O. The minimum atomic E-state index is -4.93. The topological polar surface area (TPSA) is 40.5 Å². The molecule has 2 rings (SSSR count). The van der Waals surface area contributed by atoms with Gasteiger partial charge in [-0.25, -0.2) is 0 Å². The first kappa shape index (κ1) is 18.0. The zero-order valence-corrected chi connectivity index (χ0v) is 12.5. The largest absolute Gasteiger partial charge is 0.508 e. The highest BCUT2D eigenvalue weighted by molar-refractivity contribution is 5.76. The third kappa shape index (κ3) is 3.27. The highest BCUT2D eigenvalue weighted by atomic mass is 19.4. The first-order valence-corrected chi connectivity index (χ1v) is 6.64. The fourth-order valence-electron chi connectivity index (χ4n) is 2.31. The van der Waals surface area contributed by atoms with E-state index in [1.165, 1.54) is 13.8 Å². The Morgan fingerprint density at radius 3 is 1.17 bits per heavy atom. The fourth-order valence-corrected chi connectivity index (χ4v) is 2.31. The summed E-state index contributed by atoms with van der Waals surface area (Å²) >= 11 is 0. The van der Waals surface area contributed by atoms with Gasteiger partial charge < -0.3 is 10.2 Å². The van der Waals surface area contributed by atoms with Crippen LogP contribution in [0.1, 0.15) is 22.3 Å². The minimum absolute atomic E-state index is 0.129. The molecule has 0 aromatic heterocycles. The van der Waals surface area contributed by atoms with Crippen LogP contribution in [0.15, 0.2) is 24.3 Å². The van der Waals surface area contributed by atoms with Crippen molar-refractivity contribution in [3.8, 4) is 22.6 Å². The first-order chi connectivity index (χ1) is 10.8. The lowest BCUT2D eigenvalue weighted by atomic mass is 9.91. The van der Waals surface area contributed by atoms with Crippen molar-refractivity contribution >= 4 is 0 Å². The number of rotatable bonds is 1. The standard InChI is InChI=1S/C16H12F6O2/c1-7-3-11(15(17,18)19)9(5-13(7)23)10-6-14(24)8(2)4-12(10)16(20,21)22/h3-6,23-24H,1-2H3. The molecule has 2 aromatic carbocycles. The summed E-state index contributed by atoms with van der Waals surface area (Å²) < 4.78 is 79.4. The number of phenolic OH excluding ortho intramolecular Hbond substituents is 2.